The zero-order valence-corrected chi connectivity index (χ0v) is 13.7. The molecule has 1 fully saturated rings. The van der Waals surface area contributed by atoms with Gasteiger partial charge in [0.2, 0.25) is 5.91 Å². The molecule has 0 aromatic rings. The lowest BCUT2D eigenvalue weighted by atomic mass is 9.96. The highest BCUT2D eigenvalue weighted by molar-refractivity contribution is 5.76. The first-order valence-corrected chi connectivity index (χ1v) is 8.61. The third kappa shape index (κ3) is 10.5. The van der Waals surface area contributed by atoms with Gasteiger partial charge >= 0.3 is 12.0 Å². The van der Waals surface area contributed by atoms with E-state index in [4.69, 9.17) is 5.11 Å². The minimum Gasteiger partial charge on any atom is -0.481 e. The molecule has 23 heavy (non-hydrogen) atoms. The van der Waals surface area contributed by atoms with Crippen LogP contribution in [0.2, 0.25) is 0 Å². The van der Waals surface area contributed by atoms with E-state index in [0.717, 1.165) is 12.8 Å². The van der Waals surface area contributed by atoms with E-state index in [2.05, 4.69) is 16.0 Å². The van der Waals surface area contributed by atoms with Crippen molar-refractivity contribution in [3.8, 4) is 0 Å². The monoisotopic (exact) mass is 327 g/mol. The van der Waals surface area contributed by atoms with Gasteiger partial charge in [0.1, 0.15) is 0 Å². The second-order valence-corrected chi connectivity index (χ2v) is 6.04. The lowest BCUT2D eigenvalue weighted by molar-refractivity contribution is -0.137. The van der Waals surface area contributed by atoms with E-state index in [0.29, 0.717) is 38.8 Å². The van der Waals surface area contributed by atoms with E-state index in [1.54, 1.807) is 0 Å². The molecule has 0 atom stereocenters. The SMILES string of the molecule is O=C(O)CCCCNC(=O)CCCNC(=O)NC1CCCCC1. The Morgan fingerprint density at radius 1 is 0.870 bits per heavy atom. The molecule has 0 heterocycles. The summed E-state index contributed by atoms with van der Waals surface area (Å²) < 4.78 is 0. The normalized spacial score (nSPS) is 15.0. The molecule has 0 bridgehead atoms. The predicted octanol–water partition coefficient (Wildman–Crippen LogP) is 1.77. The van der Waals surface area contributed by atoms with Gasteiger partial charge in [-0.1, -0.05) is 19.3 Å². The molecule has 0 aliphatic heterocycles. The molecule has 0 radical (unpaired) electrons. The molecular weight excluding hydrogens is 298 g/mol. The van der Waals surface area contributed by atoms with Crippen molar-refractivity contribution >= 4 is 17.9 Å². The van der Waals surface area contributed by atoms with Crippen molar-refractivity contribution in [3.63, 3.8) is 0 Å². The number of hydrogen-bond donors (Lipinski definition) is 4. The number of unbranched alkanes of at least 4 members (excludes halogenated alkanes) is 1. The Labute approximate surface area is 137 Å². The van der Waals surface area contributed by atoms with Crippen molar-refractivity contribution in [2.45, 2.75) is 70.3 Å². The van der Waals surface area contributed by atoms with Gasteiger partial charge in [-0.05, 0) is 32.1 Å². The van der Waals surface area contributed by atoms with Crippen molar-refractivity contribution < 1.29 is 19.5 Å². The molecule has 7 heteroatoms. The Bertz CT molecular complexity index is 382. The topological polar surface area (TPSA) is 108 Å². The first kappa shape index (κ1) is 19.3. The van der Waals surface area contributed by atoms with Crippen LogP contribution in [0, 0.1) is 0 Å². The van der Waals surface area contributed by atoms with Crippen LogP contribution in [0.4, 0.5) is 4.79 Å². The average molecular weight is 327 g/mol. The summed E-state index contributed by atoms with van der Waals surface area (Å²) in [6.45, 7) is 0.979. The molecule has 0 aromatic heterocycles. The van der Waals surface area contributed by atoms with E-state index < -0.39 is 5.97 Å². The highest BCUT2D eigenvalue weighted by atomic mass is 16.4. The smallest absolute Gasteiger partial charge is 0.315 e. The highest BCUT2D eigenvalue weighted by Gasteiger charge is 2.15. The van der Waals surface area contributed by atoms with Crippen LogP contribution < -0.4 is 16.0 Å². The largest absolute Gasteiger partial charge is 0.481 e. The van der Waals surface area contributed by atoms with Gasteiger partial charge in [0.05, 0.1) is 0 Å². The van der Waals surface area contributed by atoms with Crippen LogP contribution in [0.25, 0.3) is 0 Å². The standard InChI is InChI=1S/C16H29N3O4/c20-14(17-11-5-4-10-15(21)22)9-6-12-18-16(23)19-13-7-2-1-3-8-13/h13H,1-12H2,(H,17,20)(H,21,22)(H2,18,19,23). The van der Waals surface area contributed by atoms with Gasteiger partial charge in [0.25, 0.3) is 0 Å². The molecule has 1 aliphatic carbocycles. The Balaban J connectivity index is 1.93. The Morgan fingerprint density at radius 3 is 2.26 bits per heavy atom. The fourth-order valence-electron chi connectivity index (χ4n) is 2.65. The zero-order chi connectivity index (χ0) is 16.9. The fourth-order valence-corrected chi connectivity index (χ4v) is 2.65. The van der Waals surface area contributed by atoms with Crippen LogP contribution >= 0.6 is 0 Å². The summed E-state index contributed by atoms with van der Waals surface area (Å²) in [7, 11) is 0. The summed E-state index contributed by atoms with van der Waals surface area (Å²) in [6, 6.07) is 0.142. The van der Waals surface area contributed by atoms with Crippen molar-refractivity contribution in [2.24, 2.45) is 0 Å². The van der Waals surface area contributed by atoms with Crippen LogP contribution in [0.15, 0.2) is 0 Å². The third-order valence-electron chi connectivity index (χ3n) is 3.95. The van der Waals surface area contributed by atoms with E-state index in [-0.39, 0.29) is 24.4 Å². The maximum absolute atomic E-state index is 11.7. The summed E-state index contributed by atoms with van der Waals surface area (Å²) in [4.78, 5) is 33.6. The fraction of sp³-hybridized carbons (Fsp3) is 0.812. The van der Waals surface area contributed by atoms with E-state index in [1.165, 1.54) is 19.3 Å². The van der Waals surface area contributed by atoms with Crippen molar-refractivity contribution in [1.82, 2.24) is 16.0 Å². The number of nitrogens with one attached hydrogen (secondary N) is 3. The summed E-state index contributed by atoms with van der Waals surface area (Å²) in [6.07, 6.45) is 8.05. The number of rotatable bonds is 10. The number of amides is 3. The molecule has 132 valence electrons. The van der Waals surface area contributed by atoms with E-state index in [9.17, 15) is 14.4 Å². The molecule has 0 spiro atoms. The number of carboxylic acid groups (broad SMARTS) is 1. The number of urea groups is 1. The molecule has 1 aliphatic rings. The second kappa shape index (κ2) is 11.7. The van der Waals surface area contributed by atoms with Crippen LogP contribution in [0.1, 0.15) is 64.2 Å². The number of carbonyl (C=O) groups excluding carboxylic acids is 2. The maximum Gasteiger partial charge on any atom is 0.315 e. The first-order chi connectivity index (χ1) is 11.1. The van der Waals surface area contributed by atoms with Gasteiger partial charge in [-0.25, -0.2) is 4.79 Å². The van der Waals surface area contributed by atoms with E-state index >= 15 is 0 Å². The molecule has 3 amide bonds. The van der Waals surface area contributed by atoms with Crippen LogP contribution in [-0.2, 0) is 9.59 Å². The molecule has 0 aromatic carbocycles. The Kier molecular flexibility index (Phi) is 9.83. The van der Waals surface area contributed by atoms with Crippen LogP contribution in [0.3, 0.4) is 0 Å². The molecule has 0 saturated heterocycles. The summed E-state index contributed by atoms with van der Waals surface area (Å²) in [5, 5.41) is 17.0. The minimum atomic E-state index is -0.811. The minimum absolute atomic E-state index is 0.0604. The average Bonchev–Trinajstić information content (AvgIpc) is 2.52. The summed E-state index contributed by atoms with van der Waals surface area (Å²) in [5.41, 5.74) is 0. The van der Waals surface area contributed by atoms with Gasteiger partial charge in [-0.2, -0.15) is 0 Å². The van der Waals surface area contributed by atoms with Gasteiger partial charge in [0, 0.05) is 32.0 Å². The first-order valence-electron chi connectivity index (χ1n) is 8.61. The van der Waals surface area contributed by atoms with E-state index in [1.807, 2.05) is 0 Å². The molecule has 1 rings (SSSR count). The molecular formula is C16H29N3O4. The summed E-state index contributed by atoms with van der Waals surface area (Å²) in [5.74, 6) is -0.872. The number of hydrogen-bond acceptors (Lipinski definition) is 3. The molecule has 7 nitrogen and oxygen atoms in total. The van der Waals surface area contributed by atoms with Crippen molar-refractivity contribution in [2.75, 3.05) is 13.1 Å². The van der Waals surface area contributed by atoms with Gasteiger partial charge in [0.15, 0.2) is 0 Å². The van der Waals surface area contributed by atoms with Gasteiger partial charge < -0.3 is 21.1 Å². The lowest BCUT2D eigenvalue weighted by Gasteiger charge is -2.22. The molecule has 4 N–H and O–H groups in total. The van der Waals surface area contributed by atoms with Crippen molar-refractivity contribution in [1.29, 1.82) is 0 Å². The number of aliphatic carboxylic acids is 1. The number of carbonyl (C=O) groups is 3. The predicted molar refractivity (Wildman–Crippen MR) is 87.1 cm³/mol. The Hall–Kier alpha value is -1.79. The van der Waals surface area contributed by atoms with Crippen LogP contribution in [0.5, 0.6) is 0 Å². The third-order valence-corrected chi connectivity index (χ3v) is 3.95. The lowest BCUT2D eigenvalue weighted by Crippen LogP contribution is -2.43. The second-order valence-electron chi connectivity index (χ2n) is 6.04. The quantitative estimate of drug-likeness (QED) is 0.459. The number of carboxylic acids is 1. The van der Waals surface area contributed by atoms with Crippen LogP contribution in [-0.4, -0.2) is 42.1 Å². The Morgan fingerprint density at radius 2 is 1.57 bits per heavy atom. The van der Waals surface area contributed by atoms with Crippen molar-refractivity contribution in [3.05, 3.63) is 0 Å². The zero-order valence-electron chi connectivity index (χ0n) is 13.7. The highest BCUT2D eigenvalue weighted by Crippen LogP contribution is 2.17. The molecule has 1 saturated carbocycles. The molecule has 0 unspecified atom stereocenters. The van der Waals surface area contributed by atoms with Gasteiger partial charge in [-0.15, -0.1) is 0 Å². The maximum atomic E-state index is 11.7. The summed E-state index contributed by atoms with van der Waals surface area (Å²) >= 11 is 0. The van der Waals surface area contributed by atoms with Gasteiger partial charge in [-0.3, -0.25) is 9.59 Å².